The summed E-state index contributed by atoms with van der Waals surface area (Å²) in [6.45, 7) is 0. The number of amides is 2. The van der Waals surface area contributed by atoms with Gasteiger partial charge in [-0.1, -0.05) is 53.0 Å². The van der Waals surface area contributed by atoms with Crippen LogP contribution >= 0.6 is 34.8 Å². The number of benzene rings is 3. The van der Waals surface area contributed by atoms with Crippen LogP contribution < -0.4 is 9.96 Å². The highest BCUT2D eigenvalue weighted by molar-refractivity contribution is 6.35. The van der Waals surface area contributed by atoms with Gasteiger partial charge in [-0.25, -0.2) is 9.96 Å². The molecule has 0 bridgehead atoms. The zero-order valence-corrected chi connectivity index (χ0v) is 20.7. The Balaban J connectivity index is 1.43. The van der Waals surface area contributed by atoms with E-state index < -0.39 is 24.0 Å². The first kappa shape index (κ1) is 23.1. The van der Waals surface area contributed by atoms with Crippen LogP contribution in [0.3, 0.4) is 0 Å². The minimum Gasteiger partial charge on any atom is -0.459 e. The van der Waals surface area contributed by atoms with Crippen molar-refractivity contribution in [1.82, 2.24) is 0 Å². The normalized spacial score (nSPS) is 21.4. The number of hydroxylamine groups is 1. The van der Waals surface area contributed by atoms with E-state index in [1.807, 2.05) is 30.3 Å². The molecule has 0 unspecified atom stereocenters. The fourth-order valence-corrected chi connectivity index (χ4v) is 5.20. The SMILES string of the molecule is O=C1[C@H]2[C@H](ON(c3ccccc3)[C@H]2c2ccc(-c3cc(Cl)ccc3Cl)o2)C(=O)N1c1ccc(Cl)cc1. The Hall–Kier alpha value is -3.29. The highest BCUT2D eigenvalue weighted by Gasteiger charge is 2.61. The van der Waals surface area contributed by atoms with Crippen molar-refractivity contribution in [3.8, 4) is 11.3 Å². The van der Waals surface area contributed by atoms with Crippen LogP contribution in [0.4, 0.5) is 11.4 Å². The first-order valence-corrected chi connectivity index (χ1v) is 12.3. The summed E-state index contributed by atoms with van der Waals surface area (Å²) in [6, 6.07) is 23.7. The molecule has 3 heterocycles. The van der Waals surface area contributed by atoms with Crippen molar-refractivity contribution in [3.63, 3.8) is 0 Å². The first-order valence-electron chi connectivity index (χ1n) is 11.1. The second-order valence-electron chi connectivity index (χ2n) is 8.47. The fraction of sp³-hybridized carbons (Fsp3) is 0.111. The molecule has 0 saturated carbocycles. The average Bonchev–Trinajstić information content (AvgIpc) is 3.57. The second-order valence-corrected chi connectivity index (χ2v) is 9.75. The van der Waals surface area contributed by atoms with E-state index in [-0.39, 0.29) is 5.91 Å². The molecule has 4 aromatic rings. The lowest BCUT2D eigenvalue weighted by atomic mass is 9.94. The Kier molecular flexibility index (Phi) is 5.77. The molecule has 2 fully saturated rings. The van der Waals surface area contributed by atoms with Gasteiger partial charge in [0, 0.05) is 15.6 Å². The Morgan fingerprint density at radius 3 is 2.19 bits per heavy atom. The highest BCUT2D eigenvalue weighted by atomic mass is 35.5. The lowest BCUT2D eigenvalue weighted by Crippen LogP contribution is -2.37. The second kappa shape index (κ2) is 8.98. The number of halogens is 3. The molecule has 180 valence electrons. The van der Waals surface area contributed by atoms with Gasteiger partial charge in [-0.3, -0.25) is 14.4 Å². The number of rotatable bonds is 4. The van der Waals surface area contributed by atoms with Crippen LogP contribution in [0.1, 0.15) is 11.8 Å². The number of para-hydroxylation sites is 1. The lowest BCUT2D eigenvalue weighted by Gasteiger charge is -2.27. The Morgan fingerprint density at radius 1 is 0.722 bits per heavy atom. The molecular formula is C27H17Cl3N2O4. The molecule has 6 rings (SSSR count). The fourth-order valence-electron chi connectivity index (χ4n) is 4.69. The van der Waals surface area contributed by atoms with E-state index in [4.69, 9.17) is 44.1 Å². The van der Waals surface area contributed by atoms with E-state index in [0.29, 0.717) is 43.5 Å². The summed E-state index contributed by atoms with van der Waals surface area (Å²) in [5.74, 6) is -0.714. The average molecular weight is 540 g/mol. The molecule has 0 N–H and O–H groups in total. The van der Waals surface area contributed by atoms with Gasteiger partial charge in [0.25, 0.3) is 5.91 Å². The van der Waals surface area contributed by atoms with E-state index >= 15 is 0 Å². The van der Waals surface area contributed by atoms with Gasteiger partial charge < -0.3 is 4.42 Å². The van der Waals surface area contributed by atoms with Crippen LogP contribution in [0.2, 0.25) is 15.1 Å². The van der Waals surface area contributed by atoms with E-state index in [1.54, 1.807) is 59.7 Å². The molecule has 36 heavy (non-hydrogen) atoms. The molecule has 0 spiro atoms. The molecule has 9 heteroatoms. The van der Waals surface area contributed by atoms with Gasteiger partial charge in [0.05, 0.1) is 16.4 Å². The predicted molar refractivity (Wildman–Crippen MR) is 138 cm³/mol. The lowest BCUT2D eigenvalue weighted by molar-refractivity contribution is -0.126. The maximum absolute atomic E-state index is 13.7. The number of carbonyl (C=O) groups is 2. The van der Waals surface area contributed by atoms with E-state index in [0.717, 1.165) is 4.90 Å². The molecule has 2 aliphatic rings. The van der Waals surface area contributed by atoms with Crippen LogP contribution in [-0.2, 0) is 14.4 Å². The summed E-state index contributed by atoms with van der Waals surface area (Å²) < 4.78 is 6.23. The number of fused-ring (bicyclic) bond motifs is 1. The number of imide groups is 1. The van der Waals surface area contributed by atoms with Gasteiger partial charge in [0.15, 0.2) is 6.10 Å². The maximum atomic E-state index is 13.7. The smallest absolute Gasteiger partial charge is 0.266 e. The predicted octanol–water partition coefficient (Wildman–Crippen LogP) is 6.96. The van der Waals surface area contributed by atoms with Crippen molar-refractivity contribution in [2.75, 3.05) is 9.96 Å². The van der Waals surface area contributed by atoms with Crippen molar-refractivity contribution >= 4 is 58.0 Å². The van der Waals surface area contributed by atoms with Crippen LogP contribution in [0.5, 0.6) is 0 Å². The summed E-state index contributed by atoms with van der Waals surface area (Å²) in [5.41, 5.74) is 1.74. The van der Waals surface area contributed by atoms with Crippen molar-refractivity contribution in [1.29, 1.82) is 0 Å². The number of hydrogen-bond donors (Lipinski definition) is 0. The molecule has 3 aromatic carbocycles. The zero-order valence-electron chi connectivity index (χ0n) is 18.5. The molecule has 2 aliphatic heterocycles. The third kappa shape index (κ3) is 3.78. The van der Waals surface area contributed by atoms with Gasteiger partial charge in [-0.2, -0.15) is 0 Å². The number of anilines is 2. The summed E-state index contributed by atoms with van der Waals surface area (Å²) in [4.78, 5) is 34.4. The number of carbonyl (C=O) groups excluding carboxylic acids is 2. The Labute approximate surface area is 221 Å². The van der Waals surface area contributed by atoms with Crippen molar-refractivity contribution < 1.29 is 18.8 Å². The minimum atomic E-state index is -1.01. The topological polar surface area (TPSA) is 63.0 Å². The molecule has 6 nitrogen and oxygen atoms in total. The van der Waals surface area contributed by atoms with E-state index in [9.17, 15) is 9.59 Å². The van der Waals surface area contributed by atoms with Crippen LogP contribution in [0, 0.1) is 5.92 Å². The number of hydrogen-bond acceptors (Lipinski definition) is 5. The van der Waals surface area contributed by atoms with Gasteiger partial charge in [-0.05, 0) is 66.7 Å². The van der Waals surface area contributed by atoms with Gasteiger partial charge in [-0.15, -0.1) is 0 Å². The summed E-state index contributed by atoms with van der Waals surface area (Å²) in [7, 11) is 0. The van der Waals surface area contributed by atoms with Crippen LogP contribution in [-0.4, -0.2) is 17.9 Å². The summed E-state index contributed by atoms with van der Waals surface area (Å²) in [5, 5.41) is 3.07. The minimum absolute atomic E-state index is 0.380. The molecule has 2 saturated heterocycles. The molecule has 0 radical (unpaired) electrons. The zero-order chi connectivity index (χ0) is 25.0. The number of nitrogens with zero attached hydrogens (tertiary/aromatic N) is 2. The van der Waals surface area contributed by atoms with Gasteiger partial charge >= 0.3 is 0 Å². The monoisotopic (exact) mass is 538 g/mol. The van der Waals surface area contributed by atoms with E-state index in [2.05, 4.69) is 0 Å². The van der Waals surface area contributed by atoms with Crippen molar-refractivity contribution in [2.24, 2.45) is 5.92 Å². The molecule has 0 aliphatic carbocycles. The van der Waals surface area contributed by atoms with Crippen molar-refractivity contribution in [2.45, 2.75) is 12.1 Å². The van der Waals surface area contributed by atoms with E-state index in [1.165, 1.54) is 0 Å². The Morgan fingerprint density at radius 2 is 1.44 bits per heavy atom. The molecule has 2 amide bonds. The quantitative estimate of drug-likeness (QED) is 0.262. The van der Waals surface area contributed by atoms with Crippen molar-refractivity contribution in [3.05, 3.63) is 106 Å². The standard InChI is InChI=1S/C27H17Cl3N2O4/c28-15-6-9-17(10-7-15)31-26(33)23-24(32(36-25(23)27(31)34)18-4-2-1-3-5-18)22-13-12-21(35-22)19-14-16(29)8-11-20(19)30/h1-14,23-25H/t23-,24+,25+/m1/s1. The summed E-state index contributed by atoms with van der Waals surface area (Å²) >= 11 is 18.6. The highest BCUT2D eigenvalue weighted by Crippen LogP contribution is 2.48. The molecule has 3 atom stereocenters. The van der Waals surface area contributed by atoms with Gasteiger partial charge in [0.1, 0.15) is 23.5 Å². The maximum Gasteiger partial charge on any atom is 0.266 e. The third-order valence-electron chi connectivity index (χ3n) is 6.32. The largest absolute Gasteiger partial charge is 0.459 e. The van der Waals surface area contributed by atoms with Crippen LogP contribution in [0.15, 0.2) is 89.3 Å². The van der Waals surface area contributed by atoms with Crippen LogP contribution in [0.25, 0.3) is 11.3 Å². The first-order chi connectivity index (χ1) is 17.4. The third-order valence-corrected chi connectivity index (χ3v) is 7.14. The molecule has 1 aromatic heterocycles. The molecular weight excluding hydrogens is 523 g/mol. The van der Waals surface area contributed by atoms with Gasteiger partial charge in [0.2, 0.25) is 5.91 Å². The number of furan rings is 1. The Bertz CT molecular complexity index is 1470. The summed E-state index contributed by atoms with van der Waals surface area (Å²) in [6.07, 6.45) is -1.01.